The van der Waals surface area contributed by atoms with Gasteiger partial charge in [-0.2, -0.15) is 0 Å². The van der Waals surface area contributed by atoms with Crippen molar-refractivity contribution in [3.8, 4) is 0 Å². The molecule has 3 N–H and O–H groups in total. The number of rotatable bonds is 7. The summed E-state index contributed by atoms with van der Waals surface area (Å²) in [4.78, 5) is 16.1. The van der Waals surface area contributed by atoms with Crippen LogP contribution in [0.2, 0.25) is 0 Å². The first-order chi connectivity index (χ1) is 10.5. The lowest BCUT2D eigenvalue weighted by Gasteiger charge is -2.13. The van der Waals surface area contributed by atoms with E-state index in [9.17, 15) is 4.79 Å². The quantitative estimate of drug-likeness (QED) is 0.269. The monoisotopic (exact) mass is 432 g/mol. The third-order valence-electron chi connectivity index (χ3n) is 3.22. The van der Waals surface area contributed by atoms with E-state index < -0.39 is 0 Å². The summed E-state index contributed by atoms with van der Waals surface area (Å²) in [6.07, 6.45) is 1.10. The van der Waals surface area contributed by atoms with Crippen molar-refractivity contribution in [2.24, 2.45) is 10.9 Å². The van der Waals surface area contributed by atoms with Crippen LogP contribution in [0.1, 0.15) is 36.2 Å². The summed E-state index contributed by atoms with van der Waals surface area (Å²) < 4.78 is 0. The molecule has 0 unspecified atom stereocenters. The van der Waals surface area contributed by atoms with Gasteiger partial charge in [-0.1, -0.05) is 31.5 Å². The van der Waals surface area contributed by atoms with Gasteiger partial charge in [-0.05, 0) is 31.4 Å². The first kappa shape index (κ1) is 21.7. The molecular formula is C17H29IN4O. The van der Waals surface area contributed by atoms with Gasteiger partial charge in [0.2, 0.25) is 0 Å². The largest absolute Gasteiger partial charge is 0.356 e. The van der Waals surface area contributed by atoms with E-state index in [0.717, 1.165) is 24.5 Å². The minimum Gasteiger partial charge on any atom is -0.356 e. The maximum Gasteiger partial charge on any atom is 0.251 e. The normalized spacial score (nSPS) is 10.9. The molecule has 1 aromatic rings. The zero-order valence-corrected chi connectivity index (χ0v) is 16.8. The molecule has 0 saturated heterocycles. The number of nitrogens with one attached hydrogen (secondary N) is 3. The lowest BCUT2D eigenvalue weighted by Crippen LogP contribution is -2.42. The maximum absolute atomic E-state index is 12.0. The van der Waals surface area contributed by atoms with Crippen molar-refractivity contribution in [3.05, 3.63) is 35.4 Å². The number of guanidine groups is 1. The van der Waals surface area contributed by atoms with Crippen molar-refractivity contribution < 1.29 is 4.79 Å². The Morgan fingerprint density at radius 3 is 2.39 bits per heavy atom. The van der Waals surface area contributed by atoms with Crippen LogP contribution in [0.15, 0.2) is 29.3 Å². The molecule has 0 saturated carbocycles. The molecule has 0 heterocycles. The van der Waals surface area contributed by atoms with Crippen LogP contribution >= 0.6 is 24.0 Å². The van der Waals surface area contributed by atoms with Gasteiger partial charge >= 0.3 is 0 Å². The Bertz CT molecular complexity index is 503. The Balaban J connectivity index is 0.00000484. The molecule has 1 aromatic carbocycles. The molecule has 0 atom stereocenters. The van der Waals surface area contributed by atoms with Crippen molar-refractivity contribution in [3.63, 3.8) is 0 Å². The molecule has 6 heteroatoms. The smallest absolute Gasteiger partial charge is 0.251 e. The van der Waals surface area contributed by atoms with E-state index in [2.05, 4.69) is 34.8 Å². The predicted octanol–water partition coefficient (Wildman–Crippen LogP) is 2.55. The van der Waals surface area contributed by atoms with Crippen molar-refractivity contribution in [2.45, 2.75) is 27.2 Å². The number of hydrogen-bond donors (Lipinski definition) is 3. The number of nitrogens with zero attached hydrogens (tertiary/aromatic N) is 1. The third-order valence-corrected chi connectivity index (χ3v) is 3.22. The molecule has 0 fully saturated rings. The number of benzene rings is 1. The van der Waals surface area contributed by atoms with Gasteiger partial charge in [-0.25, -0.2) is 0 Å². The second-order valence-corrected chi connectivity index (χ2v) is 5.73. The van der Waals surface area contributed by atoms with E-state index in [1.54, 1.807) is 7.05 Å². The van der Waals surface area contributed by atoms with Crippen LogP contribution in [0.3, 0.4) is 0 Å². The fraction of sp³-hybridized carbons (Fsp3) is 0.529. The molecule has 0 bridgehead atoms. The average molecular weight is 432 g/mol. The Morgan fingerprint density at radius 2 is 1.78 bits per heavy atom. The van der Waals surface area contributed by atoms with Gasteiger partial charge in [0.05, 0.1) is 0 Å². The SMILES string of the molecule is CN=C(NCCNC(=O)c1cccc(C)c1)NCCC(C)C.I. The number of halogens is 1. The first-order valence-electron chi connectivity index (χ1n) is 7.82. The van der Waals surface area contributed by atoms with Gasteiger partial charge in [0.1, 0.15) is 0 Å². The zero-order chi connectivity index (χ0) is 16.4. The number of aliphatic imine (C=N–C) groups is 1. The van der Waals surface area contributed by atoms with Gasteiger partial charge < -0.3 is 16.0 Å². The third kappa shape index (κ3) is 9.43. The van der Waals surface area contributed by atoms with Crippen molar-refractivity contribution >= 4 is 35.8 Å². The van der Waals surface area contributed by atoms with E-state index in [1.165, 1.54) is 0 Å². The van der Waals surface area contributed by atoms with Gasteiger partial charge in [0, 0.05) is 32.2 Å². The summed E-state index contributed by atoms with van der Waals surface area (Å²) in [6, 6.07) is 7.57. The number of hydrogen-bond acceptors (Lipinski definition) is 2. The molecular weight excluding hydrogens is 403 g/mol. The van der Waals surface area contributed by atoms with E-state index in [0.29, 0.717) is 24.6 Å². The second-order valence-electron chi connectivity index (χ2n) is 5.73. The van der Waals surface area contributed by atoms with Crippen molar-refractivity contribution in [1.82, 2.24) is 16.0 Å². The molecule has 1 rings (SSSR count). The molecule has 5 nitrogen and oxygen atoms in total. The van der Waals surface area contributed by atoms with Gasteiger partial charge in [0.25, 0.3) is 5.91 Å². The average Bonchev–Trinajstić information content (AvgIpc) is 2.49. The Labute approximate surface area is 156 Å². The van der Waals surface area contributed by atoms with Crippen LogP contribution in [0.5, 0.6) is 0 Å². The summed E-state index contributed by atoms with van der Waals surface area (Å²) in [7, 11) is 1.75. The van der Waals surface area contributed by atoms with E-state index >= 15 is 0 Å². The van der Waals surface area contributed by atoms with E-state index in [1.807, 2.05) is 31.2 Å². The summed E-state index contributed by atoms with van der Waals surface area (Å²) in [5, 5.41) is 9.34. The minimum absolute atomic E-state index is 0. The summed E-state index contributed by atoms with van der Waals surface area (Å²) in [5.41, 5.74) is 1.78. The fourth-order valence-electron chi connectivity index (χ4n) is 1.95. The summed E-state index contributed by atoms with van der Waals surface area (Å²) in [6.45, 7) is 8.45. The van der Waals surface area contributed by atoms with Crippen LogP contribution in [0.4, 0.5) is 0 Å². The lowest BCUT2D eigenvalue weighted by atomic mass is 10.1. The van der Waals surface area contributed by atoms with Crippen LogP contribution < -0.4 is 16.0 Å². The van der Waals surface area contributed by atoms with Gasteiger partial charge in [0.15, 0.2) is 5.96 Å². The van der Waals surface area contributed by atoms with Crippen LogP contribution in [-0.2, 0) is 0 Å². The molecule has 0 aliphatic carbocycles. The van der Waals surface area contributed by atoms with E-state index in [-0.39, 0.29) is 29.9 Å². The summed E-state index contributed by atoms with van der Waals surface area (Å²) >= 11 is 0. The molecule has 0 spiro atoms. The lowest BCUT2D eigenvalue weighted by molar-refractivity contribution is 0.0954. The highest BCUT2D eigenvalue weighted by Gasteiger charge is 2.04. The topological polar surface area (TPSA) is 65.5 Å². The second kappa shape index (κ2) is 12.2. The van der Waals surface area contributed by atoms with Crippen LogP contribution in [-0.4, -0.2) is 38.5 Å². The maximum atomic E-state index is 12.0. The Morgan fingerprint density at radius 1 is 1.13 bits per heavy atom. The highest BCUT2D eigenvalue weighted by molar-refractivity contribution is 14.0. The fourth-order valence-corrected chi connectivity index (χ4v) is 1.95. The highest BCUT2D eigenvalue weighted by atomic mass is 127. The summed E-state index contributed by atoms with van der Waals surface area (Å²) in [5.74, 6) is 1.39. The minimum atomic E-state index is -0.0479. The number of aryl methyl sites for hydroxylation is 1. The molecule has 0 aliphatic heterocycles. The predicted molar refractivity (Wildman–Crippen MR) is 108 cm³/mol. The highest BCUT2D eigenvalue weighted by Crippen LogP contribution is 2.03. The Hall–Kier alpha value is -1.31. The number of carbonyl (C=O) groups excluding carboxylic acids is 1. The molecule has 23 heavy (non-hydrogen) atoms. The molecule has 0 aromatic heterocycles. The van der Waals surface area contributed by atoms with Crippen molar-refractivity contribution in [1.29, 1.82) is 0 Å². The number of carbonyl (C=O) groups is 1. The first-order valence-corrected chi connectivity index (χ1v) is 7.82. The van der Waals surface area contributed by atoms with Crippen LogP contribution in [0, 0.1) is 12.8 Å². The van der Waals surface area contributed by atoms with Crippen LogP contribution in [0.25, 0.3) is 0 Å². The number of amides is 1. The molecule has 130 valence electrons. The molecule has 0 aliphatic rings. The van der Waals surface area contributed by atoms with Gasteiger partial charge in [-0.3, -0.25) is 9.79 Å². The van der Waals surface area contributed by atoms with E-state index in [4.69, 9.17) is 0 Å². The Kier molecular flexibility index (Phi) is 11.5. The standard InChI is InChI=1S/C17H28N4O.HI/c1-13(2)8-9-20-17(18-4)21-11-10-19-16(22)15-7-5-6-14(3)12-15;/h5-7,12-13H,8-11H2,1-4H3,(H,19,22)(H2,18,20,21);1H. The van der Waals surface area contributed by atoms with Gasteiger partial charge in [-0.15, -0.1) is 24.0 Å². The van der Waals surface area contributed by atoms with Crippen molar-refractivity contribution in [2.75, 3.05) is 26.7 Å². The molecule has 1 amide bonds. The molecule has 0 radical (unpaired) electrons. The zero-order valence-electron chi connectivity index (χ0n) is 14.5.